The minimum absolute atomic E-state index is 0.0952. The van der Waals surface area contributed by atoms with Gasteiger partial charge in [-0.25, -0.2) is 9.59 Å². The highest BCUT2D eigenvalue weighted by Gasteiger charge is 2.37. The number of nitrogens with two attached hydrogens (primary N) is 1. The third-order valence-corrected chi connectivity index (χ3v) is 2.62. The van der Waals surface area contributed by atoms with Gasteiger partial charge in [0.15, 0.2) is 0 Å². The average molecular weight is 198 g/mol. The van der Waals surface area contributed by atoms with Gasteiger partial charge in [0.25, 0.3) is 0 Å². The van der Waals surface area contributed by atoms with E-state index in [2.05, 4.69) is 0 Å². The van der Waals surface area contributed by atoms with Gasteiger partial charge >= 0.3 is 12.0 Å². The van der Waals surface area contributed by atoms with E-state index in [-0.39, 0.29) is 12.1 Å². The Kier molecular flexibility index (Phi) is 2.31. The van der Waals surface area contributed by atoms with Crippen LogP contribution in [0.15, 0.2) is 0 Å². The first-order valence-corrected chi connectivity index (χ1v) is 4.95. The molecule has 0 aromatic rings. The Hall–Kier alpha value is -1.26. The highest BCUT2D eigenvalue weighted by molar-refractivity contribution is 5.83. The minimum atomic E-state index is -0.528. The Morgan fingerprint density at radius 3 is 2.57 bits per heavy atom. The molecule has 1 heterocycles. The van der Waals surface area contributed by atoms with Crippen molar-refractivity contribution in [3.63, 3.8) is 0 Å². The van der Waals surface area contributed by atoms with E-state index in [1.54, 1.807) is 0 Å². The van der Waals surface area contributed by atoms with Crippen LogP contribution in [0.4, 0.5) is 4.79 Å². The molecule has 2 amide bonds. The van der Waals surface area contributed by atoms with E-state index >= 15 is 0 Å². The molecule has 1 atom stereocenters. The van der Waals surface area contributed by atoms with Gasteiger partial charge in [0.05, 0.1) is 0 Å². The molecule has 1 aliphatic heterocycles. The highest BCUT2D eigenvalue weighted by atomic mass is 16.5. The van der Waals surface area contributed by atoms with Crippen LogP contribution in [0.1, 0.15) is 25.7 Å². The van der Waals surface area contributed by atoms with Crippen molar-refractivity contribution in [3.05, 3.63) is 0 Å². The number of esters is 1. The number of likely N-dealkylation sites (tertiary alicyclic amines) is 1. The number of primary amides is 1. The summed E-state index contributed by atoms with van der Waals surface area (Å²) in [6.07, 6.45) is 3.50. The van der Waals surface area contributed by atoms with Crippen molar-refractivity contribution >= 4 is 12.0 Å². The summed E-state index contributed by atoms with van der Waals surface area (Å²) in [6.45, 7) is 0.569. The smallest absolute Gasteiger partial charge is 0.329 e. The van der Waals surface area contributed by atoms with Gasteiger partial charge in [0.1, 0.15) is 12.1 Å². The van der Waals surface area contributed by atoms with Crippen LogP contribution in [-0.2, 0) is 9.53 Å². The van der Waals surface area contributed by atoms with Crippen LogP contribution < -0.4 is 5.73 Å². The molecule has 2 rings (SSSR count). The van der Waals surface area contributed by atoms with Crippen molar-refractivity contribution in [2.45, 2.75) is 37.8 Å². The van der Waals surface area contributed by atoms with Crippen molar-refractivity contribution in [2.24, 2.45) is 5.73 Å². The third-order valence-electron chi connectivity index (χ3n) is 2.62. The number of urea groups is 1. The third kappa shape index (κ3) is 1.81. The van der Waals surface area contributed by atoms with Crippen molar-refractivity contribution in [1.29, 1.82) is 0 Å². The summed E-state index contributed by atoms with van der Waals surface area (Å²) in [4.78, 5) is 23.9. The van der Waals surface area contributed by atoms with E-state index in [0.717, 1.165) is 19.3 Å². The fourth-order valence-electron chi connectivity index (χ4n) is 1.70. The standard InChI is InChI=1S/C9H14N2O3/c10-9(13)11-5-1-2-7(11)8(12)14-6-3-4-6/h6-7H,1-5H2,(H2,10,13)/t7-/m1/s1. The zero-order valence-electron chi connectivity index (χ0n) is 7.94. The molecule has 5 heteroatoms. The lowest BCUT2D eigenvalue weighted by Gasteiger charge is -2.20. The van der Waals surface area contributed by atoms with Gasteiger partial charge in [-0.2, -0.15) is 0 Å². The topological polar surface area (TPSA) is 72.6 Å². The number of hydrogen-bond donors (Lipinski definition) is 1. The fraction of sp³-hybridized carbons (Fsp3) is 0.778. The van der Waals surface area contributed by atoms with Gasteiger partial charge in [-0.05, 0) is 25.7 Å². The number of amides is 2. The molecule has 1 aliphatic carbocycles. The molecule has 0 radical (unpaired) electrons. The van der Waals surface area contributed by atoms with Crippen molar-refractivity contribution < 1.29 is 14.3 Å². The molecule has 2 fully saturated rings. The maximum Gasteiger partial charge on any atom is 0.329 e. The Morgan fingerprint density at radius 2 is 2.00 bits per heavy atom. The zero-order chi connectivity index (χ0) is 10.1. The number of ether oxygens (including phenoxy) is 1. The number of carbonyl (C=O) groups excluding carboxylic acids is 2. The lowest BCUT2D eigenvalue weighted by atomic mass is 10.2. The Balaban J connectivity index is 1.93. The highest BCUT2D eigenvalue weighted by Crippen LogP contribution is 2.26. The molecule has 5 nitrogen and oxygen atoms in total. The van der Waals surface area contributed by atoms with Crippen LogP contribution in [0.3, 0.4) is 0 Å². The van der Waals surface area contributed by atoms with E-state index in [4.69, 9.17) is 10.5 Å². The first-order chi connectivity index (χ1) is 6.68. The largest absolute Gasteiger partial charge is 0.461 e. The maximum atomic E-state index is 11.5. The molecule has 78 valence electrons. The molecule has 1 saturated heterocycles. The summed E-state index contributed by atoms with van der Waals surface area (Å²) in [5, 5.41) is 0. The van der Waals surface area contributed by atoms with E-state index < -0.39 is 12.1 Å². The SMILES string of the molecule is NC(=O)N1CCC[C@@H]1C(=O)OC1CC1. The second-order valence-electron chi connectivity index (χ2n) is 3.83. The second-order valence-corrected chi connectivity index (χ2v) is 3.83. The van der Waals surface area contributed by atoms with Crippen LogP contribution in [0.25, 0.3) is 0 Å². The minimum Gasteiger partial charge on any atom is -0.461 e. The quantitative estimate of drug-likeness (QED) is 0.646. The van der Waals surface area contributed by atoms with Gasteiger partial charge in [0.2, 0.25) is 0 Å². The normalized spacial score (nSPS) is 26.3. The van der Waals surface area contributed by atoms with Crippen molar-refractivity contribution in [3.8, 4) is 0 Å². The molecule has 0 aromatic carbocycles. The molecular weight excluding hydrogens is 184 g/mol. The molecule has 1 saturated carbocycles. The van der Waals surface area contributed by atoms with E-state index in [9.17, 15) is 9.59 Å². The van der Waals surface area contributed by atoms with Crippen LogP contribution in [0.5, 0.6) is 0 Å². The summed E-state index contributed by atoms with van der Waals surface area (Å²) in [5.74, 6) is -0.288. The van der Waals surface area contributed by atoms with Crippen LogP contribution >= 0.6 is 0 Å². The molecule has 14 heavy (non-hydrogen) atoms. The average Bonchev–Trinajstić information content (AvgIpc) is 2.81. The van der Waals surface area contributed by atoms with E-state index in [1.165, 1.54) is 4.90 Å². The van der Waals surface area contributed by atoms with Gasteiger partial charge in [-0.3, -0.25) is 0 Å². The lowest BCUT2D eigenvalue weighted by Crippen LogP contribution is -2.44. The fourth-order valence-corrected chi connectivity index (χ4v) is 1.70. The molecule has 0 aromatic heterocycles. The molecule has 0 spiro atoms. The van der Waals surface area contributed by atoms with Gasteiger partial charge in [0, 0.05) is 6.54 Å². The summed E-state index contributed by atoms with van der Waals surface area (Å²) in [7, 11) is 0. The van der Waals surface area contributed by atoms with Gasteiger partial charge < -0.3 is 15.4 Å². The Labute approximate surface area is 82.2 Å². The van der Waals surface area contributed by atoms with Crippen LogP contribution in [-0.4, -0.2) is 35.6 Å². The van der Waals surface area contributed by atoms with Gasteiger partial charge in [-0.15, -0.1) is 0 Å². The Bertz CT molecular complexity index is 263. The monoisotopic (exact) mass is 198 g/mol. The molecule has 0 unspecified atom stereocenters. The van der Waals surface area contributed by atoms with Crippen molar-refractivity contribution in [1.82, 2.24) is 4.90 Å². The van der Waals surface area contributed by atoms with E-state index in [1.807, 2.05) is 0 Å². The molecular formula is C9H14N2O3. The predicted molar refractivity (Wildman–Crippen MR) is 48.4 cm³/mol. The summed E-state index contributed by atoms with van der Waals surface area (Å²) >= 11 is 0. The lowest BCUT2D eigenvalue weighted by molar-refractivity contribution is -0.149. The summed E-state index contributed by atoms with van der Waals surface area (Å²) < 4.78 is 5.14. The number of hydrogen-bond acceptors (Lipinski definition) is 3. The molecule has 2 aliphatic rings. The number of rotatable bonds is 2. The molecule has 0 bridgehead atoms. The zero-order valence-corrected chi connectivity index (χ0v) is 7.94. The molecule has 2 N–H and O–H groups in total. The maximum absolute atomic E-state index is 11.5. The van der Waals surface area contributed by atoms with E-state index in [0.29, 0.717) is 13.0 Å². The summed E-state index contributed by atoms with van der Waals surface area (Å²) in [6, 6.07) is -0.964. The van der Waals surface area contributed by atoms with Gasteiger partial charge in [-0.1, -0.05) is 0 Å². The van der Waals surface area contributed by atoms with Crippen molar-refractivity contribution in [2.75, 3.05) is 6.54 Å². The Morgan fingerprint density at radius 1 is 1.29 bits per heavy atom. The first-order valence-electron chi connectivity index (χ1n) is 4.95. The van der Waals surface area contributed by atoms with Crippen LogP contribution in [0.2, 0.25) is 0 Å². The number of carbonyl (C=O) groups is 2. The number of nitrogens with zero attached hydrogens (tertiary/aromatic N) is 1. The summed E-state index contributed by atoms with van der Waals surface area (Å²) in [5.41, 5.74) is 5.15. The predicted octanol–water partition coefficient (Wildman–Crippen LogP) is 0.235. The second kappa shape index (κ2) is 3.48. The first kappa shape index (κ1) is 9.30. The van der Waals surface area contributed by atoms with Crippen LogP contribution in [0, 0.1) is 0 Å².